The van der Waals surface area contributed by atoms with Gasteiger partial charge in [-0.2, -0.15) is 0 Å². The van der Waals surface area contributed by atoms with Gasteiger partial charge in [-0.25, -0.2) is 4.79 Å². The van der Waals surface area contributed by atoms with Gasteiger partial charge in [-0.3, -0.25) is 4.79 Å². The van der Waals surface area contributed by atoms with Crippen molar-refractivity contribution < 1.29 is 14.3 Å². The van der Waals surface area contributed by atoms with Crippen molar-refractivity contribution in [3.63, 3.8) is 0 Å². The Labute approximate surface area is 140 Å². The Kier molecular flexibility index (Phi) is 3.79. The number of nitrogens with one attached hydrogen (secondary N) is 1. The van der Waals surface area contributed by atoms with E-state index in [2.05, 4.69) is 5.32 Å². The molecule has 0 bridgehead atoms. The van der Waals surface area contributed by atoms with Crippen LogP contribution in [-0.2, 0) is 14.9 Å². The van der Waals surface area contributed by atoms with Crippen molar-refractivity contribution in [2.24, 2.45) is 0 Å². The number of halogens is 1. The Morgan fingerprint density at radius 2 is 1.96 bits per heavy atom. The smallest absolute Gasteiger partial charge is 0.410 e. The van der Waals surface area contributed by atoms with E-state index in [1.165, 1.54) is 0 Å². The number of carbonyl (C=O) groups excluding carboxylic acids is 2. The van der Waals surface area contributed by atoms with Gasteiger partial charge in [0, 0.05) is 23.8 Å². The molecule has 5 nitrogen and oxygen atoms in total. The van der Waals surface area contributed by atoms with Crippen molar-refractivity contribution in [1.82, 2.24) is 4.90 Å². The van der Waals surface area contributed by atoms with Crippen LogP contribution in [0.4, 0.5) is 10.5 Å². The number of anilines is 1. The van der Waals surface area contributed by atoms with Crippen LogP contribution in [0.5, 0.6) is 0 Å². The molecule has 23 heavy (non-hydrogen) atoms. The molecule has 1 aromatic carbocycles. The first kappa shape index (κ1) is 16.1. The van der Waals surface area contributed by atoms with Crippen LogP contribution in [0.25, 0.3) is 0 Å². The van der Waals surface area contributed by atoms with E-state index in [9.17, 15) is 9.59 Å². The van der Waals surface area contributed by atoms with Crippen molar-refractivity contribution in [3.8, 4) is 0 Å². The number of piperidine rings is 1. The highest BCUT2D eigenvalue weighted by Crippen LogP contribution is 2.45. The molecule has 2 heterocycles. The summed E-state index contributed by atoms with van der Waals surface area (Å²) in [6, 6.07) is 5.47. The highest BCUT2D eigenvalue weighted by Gasteiger charge is 2.49. The van der Waals surface area contributed by atoms with E-state index in [-0.39, 0.29) is 12.0 Å². The van der Waals surface area contributed by atoms with Crippen LogP contribution >= 0.6 is 11.6 Å². The summed E-state index contributed by atoms with van der Waals surface area (Å²) >= 11 is 6.10. The van der Waals surface area contributed by atoms with Crippen molar-refractivity contribution in [1.29, 1.82) is 0 Å². The molecule has 0 saturated carbocycles. The Bertz CT molecular complexity index is 658. The summed E-state index contributed by atoms with van der Waals surface area (Å²) in [6.07, 6.45) is 0.827. The first-order valence-corrected chi connectivity index (χ1v) is 8.18. The van der Waals surface area contributed by atoms with Gasteiger partial charge < -0.3 is 15.0 Å². The number of nitrogens with zero attached hydrogens (tertiary/aromatic N) is 1. The number of rotatable bonds is 0. The second-order valence-electron chi connectivity index (χ2n) is 7.19. The van der Waals surface area contributed by atoms with Gasteiger partial charge in [-0.1, -0.05) is 11.6 Å². The third-order valence-electron chi connectivity index (χ3n) is 4.45. The van der Waals surface area contributed by atoms with E-state index in [1.54, 1.807) is 11.0 Å². The van der Waals surface area contributed by atoms with E-state index in [4.69, 9.17) is 16.3 Å². The van der Waals surface area contributed by atoms with E-state index in [0.29, 0.717) is 31.0 Å². The van der Waals surface area contributed by atoms with Gasteiger partial charge in [0.2, 0.25) is 5.91 Å². The number of benzene rings is 1. The Hall–Kier alpha value is -1.75. The monoisotopic (exact) mass is 336 g/mol. The molecule has 0 unspecified atom stereocenters. The molecule has 6 heteroatoms. The highest BCUT2D eigenvalue weighted by atomic mass is 35.5. The second kappa shape index (κ2) is 5.41. The maximum Gasteiger partial charge on any atom is 0.410 e. The van der Waals surface area contributed by atoms with Crippen LogP contribution in [0.3, 0.4) is 0 Å². The van der Waals surface area contributed by atoms with Gasteiger partial charge in [-0.05, 0) is 57.4 Å². The van der Waals surface area contributed by atoms with E-state index < -0.39 is 11.0 Å². The number of carbonyl (C=O) groups is 2. The average molecular weight is 337 g/mol. The predicted octanol–water partition coefficient (Wildman–Crippen LogP) is 3.56. The second-order valence-corrected chi connectivity index (χ2v) is 7.63. The standard InChI is InChI=1S/C17H21ClN2O3/c1-16(2,3)23-15(22)20-8-6-17(7-9-20)12-10-11(18)4-5-13(12)19-14(17)21/h4-5,10H,6-9H2,1-3H3,(H,19,21). The molecular formula is C17H21ClN2O3. The minimum atomic E-state index is -0.585. The fraction of sp³-hybridized carbons (Fsp3) is 0.529. The summed E-state index contributed by atoms with van der Waals surface area (Å²) in [5.41, 5.74) is 0.666. The van der Waals surface area contributed by atoms with Gasteiger partial charge >= 0.3 is 6.09 Å². The lowest BCUT2D eigenvalue weighted by atomic mass is 9.74. The lowest BCUT2D eigenvalue weighted by Crippen LogP contribution is -2.49. The number of likely N-dealkylation sites (tertiary alicyclic amines) is 1. The van der Waals surface area contributed by atoms with Crippen LogP contribution in [-0.4, -0.2) is 35.6 Å². The maximum atomic E-state index is 12.5. The van der Waals surface area contributed by atoms with Crippen molar-refractivity contribution in [3.05, 3.63) is 28.8 Å². The van der Waals surface area contributed by atoms with Crippen LogP contribution < -0.4 is 5.32 Å². The zero-order chi connectivity index (χ0) is 16.8. The number of hydrogen-bond acceptors (Lipinski definition) is 3. The third kappa shape index (κ3) is 2.90. The van der Waals surface area contributed by atoms with E-state index in [1.807, 2.05) is 32.9 Å². The molecule has 2 aliphatic heterocycles. The van der Waals surface area contributed by atoms with Crippen LogP contribution in [0.15, 0.2) is 18.2 Å². The molecular weight excluding hydrogens is 316 g/mol. The summed E-state index contributed by atoms with van der Waals surface area (Å²) < 4.78 is 5.41. The van der Waals surface area contributed by atoms with E-state index in [0.717, 1.165) is 11.3 Å². The van der Waals surface area contributed by atoms with Crippen LogP contribution in [0.1, 0.15) is 39.2 Å². The van der Waals surface area contributed by atoms with Crippen LogP contribution in [0.2, 0.25) is 5.02 Å². The lowest BCUT2D eigenvalue weighted by Gasteiger charge is -2.38. The molecule has 0 atom stereocenters. The topological polar surface area (TPSA) is 58.6 Å². The molecule has 0 aromatic heterocycles. The molecule has 1 fully saturated rings. The molecule has 124 valence electrons. The van der Waals surface area contributed by atoms with Gasteiger partial charge in [0.05, 0.1) is 5.41 Å². The van der Waals surface area contributed by atoms with Crippen molar-refractivity contribution in [2.75, 3.05) is 18.4 Å². The van der Waals surface area contributed by atoms with Gasteiger partial charge in [0.1, 0.15) is 5.60 Å². The van der Waals surface area contributed by atoms with E-state index >= 15 is 0 Å². The molecule has 0 aliphatic carbocycles. The van der Waals surface area contributed by atoms with Crippen LogP contribution in [0, 0.1) is 0 Å². The quantitative estimate of drug-likeness (QED) is 0.788. The Morgan fingerprint density at radius 1 is 1.30 bits per heavy atom. The minimum absolute atomic E-state index is 0.00129. The Balaban J connectivity index is 1.78. The zero-order valence-electron chi connectivity index (χ0n) is 13.6. The largest absolute Gasteiger partial charge is 0.444 e. The number of hydrogen-bond donors (Lipinski definition) is 1. The normalized spacial score (nSPS) is 19.5. The average Bonchev–Trinajstić information content (AvgIpc) is 2.71. The summed E-state index contributed by atoms with van der Waals surface area (Å²) in [4.78, 5) is 26.4. The number of ether oxygens (including phenoxy) is 1. The maximum absolute atomic E-state index is 12.5. The van der Waals surface area contributed by atoms with Gasteiger partial charge in [0.25, 0.3) is 0 Å². The summed E-state index contributed by atoms with van der Waals surface area (Å²) in [6.45, 7) is 6.53. The SMILES string of the molecule is CC(C)(C)OC(=O)N1CCC2(CC1)C(=O)Nc1ccc(Cl)cc12. The molecule has 2 aliphatic rings. The predicted molar refractivity (Wildman–Crippen MR) is 88.8 cm³/mol. The number of fused-ring (bicyclic) bond motifs is 2. The zero-order valence-corrected chi connectivity index (χ0v) is 14.4. The molecule has 1 spiro atoms. The fourth-order valence-corrected chi connectivity index (χ4v) is 3.45. The first-order chi connectivity index (χ1) is 10.7. The molecule has 1 N–H and O–H groups in total. The minimum Gasteiger partial charge on any atom is -0.444 e. The van der Waals surface area contributed by atoms with Gasteiger partial charge in [-0.15, -0.1) is 0 Å². The molecule has 0 radical (unpaired) electrons. The Morgan fingerprint density at radius 3 is 2.57 bits per heavy atom. The molecule has 1 aromatic rings. The summed E-state index contributed by atoms with van der Waals surface area (Å²) in [5, 5.41) is 3.55. The first-order valence-electron chi connectivity index (χ1n) is 7.81. The number of amides is 2. The lowest BCUT2D eigenvalue weighted by molar-refractivity contribution is -0.122. The third-order valence-corrected chi connectivity index (χ3v) is 4.68. The fourth-order valence-electron chi connectivity index (χ4n) is 3.28. The molecule has 2 amide bonds. The van der Waals surface area contributed by atoms with Crippen molar-refractivity contribution in [2.45, 2.75) is 44.6 Å². The summed E-state index contributed by atoms with van der Waals surface area (Å²) in [7, 11) is 0. The molecule has 3 rings (SSSR count). The highest BCUT2D eigenvalue weighted by molar-refractivity contribution is 6.31. The van der Waals surface area contributed by atoms with Crippen molar-refractivity contribution >= 4 is 29.3 Å². The summed E-state index contributed by atoms with van der Waals surface area (Å²) in [5.74, 6) is -0.00129. The van der Waals surface area contributed by atoms with Gasteiger partial charge in [0.15, 0.2) is 0 Å². The molecule has 1 saturated heterocycles.